The Morgan fingerprint density at radius 2 is 2.03 bits per heavy atom. The highest BCUT2D eigenvalue weighted by Crippen LogP contribution is 2.39. The number of hydrogen-bond donors (Lipinski definition) is 1. The van der Waals surface area contributed by atoms with Gasteiger partial charge in [0.15, 0.2) is 5.11 Å². The van der Waals surface area contributed by atoms with Crippen LogP contribution in [0.5, 0.6) is 0 Å². The first-order valence-electron chi connectivity index (χ1n) is 11.0. The Balaban J connectivity index is 1.39. The van der Waals surface area contributed by atoms with Gasteiger partial charge in [0.25, 0.3) is 5.56 Å². The SMILES string of the molecule is COC(=O)c1c(NC(=S)N2C[C@@H]3C[C@H](C2)c2cccc(=O)n2C3)sc2c1CCCCC2. The molecule has 31 heavy (non-hydrogen) atoms. The lowest BCUT2D eigenvalue weighted by Gasteiger charge is -2.43. The van der Waals surface area contributed by atoms with Crippen LogP contribution in [0.15, 0.2) is 23.0 Å². The van der Waals surface area contributed by atoms with Crippen molar-refractivity contribution in [1.82, 2.24) is 9.47 Å². The van der Waals surface area contributed by atoms with E-state index in [4.69, 9.17) is 17.0 Å². The maximum atomic E-state index is 12.6. The van der Waals surface area contributed by atoms with Crippen LogP contribution in [0, 0.1) is 5.92 Å². The van der Waals surface area contributed by atoms with Gasteiger partial charge in [-0.1, -0.05) is 12.5 Å². The van der Waals surface area contributed by atoms with Gasteiger partial charge in [-0.05, 0) is 61.9 Å². The standard InChI is InChI=1S/C23H27N3O3S2/c1-29-22(28)20-16-6-3-2-4-8-18(16)31-21(20)24-23(30)25-11-14-10-15(13-25)17-7-5-9-19(27)26(17)12-14/h5,7,9,14-15H,2-4,6,8,10-13H2,1H3,(H,24,30)/t14-,15+/m0/s1. The lowest BCUT2D eigenvalue weighted by atomic mass is 9.83. The van der Waals surface area contributed by atoms with E-state index in [1.54, 1.807) is 17.4 Å². The first-order valence-corrected chi connectivity index (χ1v) is 12.3. The summed E-state index contributed by atoms with van der Waals surface area (Å²) in [5.41, 5.74) is 3.00. The number of hydrogen-bond acceptors (Lipinski definition) is 5. The van der Waals surface area contributed by atoms with Gasteiger partial charge < -0.3 is 19.5 Å². The number of thiophene rings is 1. The number of methoxy groups -OCH3 is 1. The molecule has 0 saturated carbocycles. The Morgan fingerprint density at radius 1 is 1.19 bits per heavy atom. The van der Waals surface area contributed by atoms with Gasteiger partial charge in [-0.15, -0.1) is 11.3 Å². The summed E-state index contributed by atoms with van der Waals surface area (Å²) in [6.07, 6.45) is 6.48. The molecule has 164 valence electrons. The fourth-order valence-corrected chi connectivity index (χ4v) is 6.98. The average Bonchev–Trinajstić information content (AvgIpc) is 2.94. The fraction of sp³-hybridized carbons (Fsp3) is 0.522. The molecule has 0 radical (unpaired) electrons. The zero-order valence-electron chi connectivity index (χ0n) is 17.7. The van der Waals surface area contributed by atoms with E-state index in [0.717, 1.165) is 68.0 Å². The summed E-state index contributed by atoms with van der Waals surface area (Å²) in [7, 11) is 1.44. The molecule has 5 rings (SSSR count). The van der Waals surface area contributed by atoms with Crippen LogP contribution in [-0.2, 0) is 24.1 Å². The van der Waals surface area contributed by atoms with Crippen molar-refractivity contribution in [3.8, 4) is 0 Å². The van der Waals surface area contributed by atoms with E-state index in [2.05, 4.69) is 16.3 Å². The fourth-order valence-electron chi connectivity index (χ4n) is 5.39. The average molecular weight is 458 g/mol. The molecule has 6 nitrogen and oxygen atoms in total. The second kappa shape index (κ2) is 8.39. The second-order valence-corrected chi connectivity index (χ2v) is 10.3. The Morgan fingerprint density at radius 3 is 2.87 bits per heavy atom. The summed E-state index contributed by atoms with van der Waals surface area (Å²) in [5, 5.41) is 4.88. The van der Waals surface area contributed by atoms with Crippen molar-refractivity contribution in [1.29, 1.82) is 0 Å². The van der Waals surface area contributed by atoms with Crippen LogP contribution < -0.4 is 10.9 Å². The Hall–Kier alpha value is -2.19. The van der Waals surface area contributed by atoms with Gasteiger partial charge in [-0.2, -0.15) is 0 Å². The van der Waals surface area contributed by atoms with Crippen LogP contribution in [-0.4, -0.2) is 40.7 Å². The Labute approximate surface area is 191 Å². The molecule has 3 aliphatic rings. The number of aryl methyl sites for hydroxylation is 1. The van der Waals surface area contributed by atoms with E-state index in [1.165, 1.54) is 18.4 Å². The van der Waals surface area contributed by atoms with Crippen LogP contribution in [0.2, 0.25) is 0 Å². The minimum atomic E-state index is -0.284. The largest absolute Gasteiger partial charge is 0.465 e. The number of anilines is 1. The van der Waals surface area contributed by atoms with Crippen molar-refractivity contribution in [2.24, 2.45) is 5.92 Å². The molecule has 2 atom stereocenters. The third-order valence-electron chi connectivity index (χ3n) is 6.80. The molecule has 1 N–H and O–H groups in total. The van der Waals surface area contributed by atoms with Crippen molar-refractivity contribution in [3.63, 3.8) is 0 Å². The quantitative estimate of drug-likeness (QED) is 0.421. The van der Waals surface area contributed by atoms with Gasteiger partial charge in [0, 0.05) is 42.2 Å². The molecule has 0 amide bonds. The van der Waals surface area contributed by atoms with Gasteiger partial charge >= 0.3 is 5.97 Å². The molecule has 4 heterocycles. The van der Waals surface area contributed by atoms with Crippen LogP contribution in [0.4, 0.5) is 5.00 Å². The van der Waals surface area contributed by atoms with Crippen LogP contribution in [0.25, 0.3) is 0 Å². The predicted molar refractivity (Wildman–Crippen MR) is 126 cm³/mol. The number of nitrogens with zero attached hydrogens (tertiary/aromatic N) is 2. The minimum absolute atomic E-state index is 0.0872. The molecule has 2 aliphatic heterocycles. The van der Waals surface area contributed by atoms with Gasteiger partial charge in [0.2, 0.25) is 0 Å². The van der Waals surface area contributed by atoms with Crippen molar-refractivity contribution in [2.75, 3.05) is 25.5 Å². The molecule has 1 fully saturated rings. The lowest BCUT2D eigenvalue weighted by molar-refractivity contribution is 0.0601. The van der Waals surface area contributed by atoms with Gasteiger partial charge in [0.05, 0.1) is 12.7 Å². The summed E-state index contributed by atoms with van der Waals surface area (Å²) in [6.45, 7) is 2.34. The number of fused-ring (bicyclic) bond motifs is 5. The maximum Gasteiger partial charge on any atom is 0.341 e. The third kappa shape index (κ3) is 3.80. The molecule has 2 bridgehead atoms. The van der Waals surface area contributed by atoms with Crippen LogP contribution in [0.3, 0.4) is 0 Å². The van der Waals surface area contributed by atoms with Crippen molar-refractivity contribution in [3.05, 3.63) is 50.3 Å². The number of likely N-dealkylation sites (tertiary alicyclic amines) is 1. The molecule has 1 aliphatic carbocycles. The van der Waals surface area contributed by atoms with Crippen LogP contribution in [0.1, 0.15) is 58.1 Å². The molecule has 1 saturated heterocycles. The zero-order valence-corrected chi connectivity index (χ0v) is 19.3. The first kappa shape index (κ1) is 20.7. The predicted octanol–water partition coefficient (Wildman–Crippen LogP) is 3.78. The van der Waals surface area contributed by atoms with Gasteiger partial charge in [0.1, 0.15) is 5.00 Å². The summed E-state index contributed by atoms with van der Waals surface area (Å²) < 4.78 is 7.05. The molecule has 2 aromatic rings. The zero-order chi connectivity index (χ0) is 21.5. The van der Waals surface area contributed by atoms with E-state index in [-0.39, 0.29) is 11.5 Å². The minimum Gasteiger partial charge on any atom is -0.465 e. The van der Waals surface area contributed by atoms with Gasteiger partial charge in [-0.3, -0.25) is 4.79 Å². The molecule has 0 spiro atoms. The van der Waals surface area contributed by atoms with Crippen molar-refractivity contribution < 1.29 is 9.53 Å². The van der Waals surface area contributed by atoms with E-state index >= 15 is 0 Å². The number of rotatable bonds is 2. The molecule has 0 aromatic carbocycles. The van der Waals surface area contributed by atoms with E-state index < -0.39 is 0 Å². The summed E-state index contributed by atoms with van der Waals surface area (Å²) >= 11 is 7.46. The number of aromatic nitrogens is 1. The topological polar surface area (TPSA) is 63.6 Å². The number of pyridine rings is 1. The summed E-state index contributed by atoms with van der Waals surface area (Å²) in [5.74, 6) is 0.404. The Bertz CT molecular complexity index is 1090. The van der Waals surface area contributed by atoms with E-state index in [9.17, 15) is 9.59 Å². The highest BCUT2D eigenvalue weighted by atomic mass is 32.1. The molecular weight excluding hydrogens is 430 g/mol. The number of carbonyl (C=O) groups excluding carboxylic acids is 1. The van der Waals surface area contributed by atoms with Crippen molar-refractivity contribution >= 4 is 39.6 Å². The summed E-state index contributed by atoms with van der Waals surface area (Å²) in [4.78, 5) is 28.4. The number of esters is 1. The monoisotopic (exact) mass is 457 g/mol. The first-order chi connectivity index (χ1) is 15.0. The normalized spacial score (nSPS) is 22.2. The van der Waals surface area contributed by atoms with Crippen molar-refractivity contribution in [2.45, 2.75) is 51.0 Å². The Kier molecular flexibility index (Phi) is 5.60. The number of piperidine rings is 1. The van der Waals surface area contributed by atoms with Crippen LogP contribution >= 0.6 is 23.6 Å². The maximum absolute atomic E-state index is 12.6. The number of ether oxygens (including phenoxy) is 1. The van der Waals surface area contributed by atoms with E-state index in [0.29, 0.717) is 22.5 Å². The number of nitrogens with one attached hydrogen (secondary N) is 1. The molecule has 8 heteroatoms. The summed E-state index contributed by atoms with van der Waals surface area (Å²) in [6, 6.07) is 5.56. The second-order valence-electron chi connectivity index (χ2n) is 8.79. The lowest BCUT2D eigenvalue weighted by Crippen LogP contribution is -2.50. The smallest absolute Gasteiger partial charge is 0.341 e. The number of carbonyl (C=O) groups is 1. The molecular formula is C23H27N3O3S2. The third-order valence-corrected chi connectivity index (χ3v) is 8.37. The highest BCUT2D eigenvalue weighted by Gasteiger charge is 2.36. The molecule has 2 aromatic heterocycles. The van der Waals surface area contributed by atoms with E-state index in [1.807, 2.05) is 10.6 Å². The highest BCUT2D eigenvalue weighted by molar-refractivity contribution is 7.80. The number of thiocarbonyl (C=S) groups is 1. The van der Waals surface area contributed by atoms with Gasteiger partial charge in [-0.25, -0.2) is 4.79 Å². The molecule has 0 unspecified atom stereocenters.